The van der Waals surface area contributed by atoms with Crippen LogP contribution >= 0.6 is 0 Å². The van der Waals surface area contributed by atoms with Gasteiger partial charge in [0.15, 0.2) is 0 Å². The molecule has 0 aromatic carbocycles. The van der Waals surface area contributed by atoms with Gasteiger partial charge in [0.05, 0.1) is 0 Å². The summed E-state index contributed by atoms with van der Waals surface area (Å²) in [5, 5.41) is 8.66. The van der Waals surface area contributed by atoms with E-state index in [1.54, 1.807) is 19.9 Å². The molecular weight excluding hydrogens is 284 g/mol. The molecule has 1 rings (SSSR count). The van der Waals surface area contributed by atoms with Crippen molar-refractivity contribution < 1.29 is 24.2 Å². The Hall–Kier alpha value is -1.88. The van der Waals surface area contributed by atoms with Crippen molar-refractivity contribution in [1.29, 1.82) is 0 Å². The SMILES string of the molecule is CCOC1(C/C(C)=C/CC/C(C)=C/C(=O)O)C=C(C)C(=O)O1. The second-order valence-electron chi connectivity index (χ2n) is 5.56. The number of carbonyl (C=O) groups excluding carboxylic acids is 1. The zero-order valence-corrected chi connectivity index (χ0v) is 13.6. The van der Waals surface area contributed by atoms with E-state index in [4.69, 9.17) is 14.6 Å². The van der Waals surface area contributed by atoms with Gasteiger partial charge in [-0.05, 0) is 46.6 Å². The fraction of sp³-hybridized carbons (Fsp3) is 0.529. The number of allylic oxidation sites excluding steroid dienone is 2. The van der Waals surface area contributed by atoms with Crippen molar-refractivity contribution in [1.82, 2.24) is 0 Å². The molecule has 0 spiro atoms. The molecule has 0 saturated heterocycles. The Morgan fingerprint density at radius 1 is 1.41 bits per heavy atom. The summed E-state index contributed by atoms with van der Waals surface area (Å²) >= 11 is 0. The highest BCUT2D eigenvalue weighted by atomic mass is 16.7. The van der Waals surface area contributed by atoms with E-state index in [-0.39, 0.29) is 5.97 Å². The first kappa shape index (κ1) is 18.2. The topological polar surface area (TPSA) is 72.8 Å². The van der Waals surface area contributed by atoms with Crippen LogP contribution in [0.4, 0.5) is 0 Å². The summed E-state index contributed by atoms with van der Waals surface area (Å²) in [6, 6.07) is 0. The quantitative estimate of drug-likeness (QED) is 0.423. The summed E-state index contributed by atoms with van der Waals surface area (Å²) in [7, 11) is 0. The van der Waals surface area contributed by atoms with E-state index in [1.807, 2.05) is 19.9 Å². The van der Waals surface area contributed by atoms with Crippen molar-refractivity contribution in [2.75, 3.05) is 6.61 Å². The molecule has 1 aliphatic rings. The Balaban J connectivity index is 2.65. The van der Waals surface area contributed by atoms with Crippen LogP contribution < -0.4 is 0 Å². The fourth-order valence-corrected chi connectivity index (χ4v) is 2.40. The van der Waals surface area contributed by atoms with Gasteiger partial charge in [-0.3, -0.25) is 0 Å². The molecule has 1 N–H and O–H groups in total. The van der Waals surface area contributed by atoms with E-state index in [2.05, 4.69) is 0 Å². The van der Waals surface area contributed by atoms with Crippen LogP contribution in [-0.4, -0.2) is 29.4 Å². The molecule has 1 heterocycles. The third kappa shape index (κ3) is 5.48. The predicted octanol–water partition coefficient (Wildman–Crippen LogP) is 3.37. The molecule has 122 valence electrons. The summed E-state index contributed by atoms with van der Waals surface area (Å²) < 4.78 is 11.0. The number of carboxylic acids is 1. The lowest BCUT2D eigenvalue weighted by atomic mass is 10.0. The third-order valence-electron chi connectivity index (χ3n) is 3.34. The molecule has 5 heteroatoms. The van der Waals surface area contributed by atoms with Crippen molar-refractivity contribution in [3.8, 4) is 0 Å². The number of aliphatic carboxylic acids is 1. The van der Waals surface area contributed by atoms with E-state index in [1.165, 1.54) is 6.08 Å². The van der Waals surface area contributed by atoms with Gasteiger partial charge >= 0.3 is 11.9 Å². The number of cyclic esters (lactones) is 1. The molecule has 22 heavy (non-hydrogen) atoms. The molecule has 0 amide bonds. The number of hydrogen-bond donors (Lipinski definition) is 1. The van der Waals surface area contributed by atoms with Crippen molar-refractivity contribution >= 4 is 11.9 Å². The maximum Gasteiger partial charge on any atom is 0.336 e. The number of hydrogen-bond acceptors (Lipinski definition) is 4. The molecule has 0 radical (unpaired) electrons. The van der Waals surface area contributed by atoms with E-state index in [0.29, 0.717) is 25.0 Å². The maximum atomic E-state index is 11.6. The predicted molar refractivity (Wildman–Crippen MR) is 83.2 cm³/mol. The standard InChI is InChI=1S/C17H24O5/c1-5-21-17(11-14(4)16(20)22-17)10-13(3)8-6-7-12(2)9-15(18)19/h8-9,11H,5-7,10H2,1-4H3,(H,18,19)/b12-9+,13-8+. The molecule has 0 aromatic heterocycles. The smallest absolute Gasteiger partial charge is 0.336 e. The molecule has 1 atom stereocenters. The summed E-state index contributed by atoms with van der Waals surface area (Å²) in [5.41, 5.74) is 2.41. The lowest BCUT2D eigenvalue weighted by molar-refractivity contribution is -0.195. The van der Waals surface area contributed by atoms with E-state index < -0.39 is 11.8 Å². The minimum absolute atomic E-state index is 0.346. The van der Waals surface area contributed by atoms with Crippen molar-refractivity contribution in [3.05, 3.63) is 34.9 Å². The normalized spacial score (nSPS) is 22.5. The number of rotatable bonds is 8. The van der Waals surface area contributed by atoms with Gasteiger partial charge < -0.3 is 14.6 Å². The highest BCUT2D eigenvalue weighted by molar-refractivity contribution is 5.90. The van der Waals surface area contributed by atoms with Crippen LogP contribution in [0, 0.1) is 0 Å². The van der Waals surface area contributed by atoms with Crippen LogP contribution in [0.3, 0.4) is 0 Å². The summed E-state index contributed by atoms with van der Waals surface area (Å²) in [5.74, 6) is -2.27. The monoisotopic (exact) mass is 308 g/mol. The average molecular weight is 308 g/mol. The summed E-state index contributed by atoms with van der Waals surface area (Å²) in [4.78, 5) is 22.1. The lowest BCUT2D eigenvalue weighted by Gasteiger charge is -2.26. The Bertz CT molecular complexity index is 527. The molecule has 0 bridgehead atoms. The van der Waals surface area contributed by atoms with Gasteiger partial charge in [0, 0.05) is 24.7 Å². The van der Waals surface area contributed by atoms with E-state index in [0.717, 1.165) is 17.6 Å². The minimum atomic E-state index is -0.998. The van der Waals surface area contributed by atoms with Crippen LogP contribution in [0.1, 0.15) is 47.0 Å². The summed E-state index contributed by atoms with van der Waals surface area (Å²) in [6.07, 6.45) is 6.86. The van der Waals surface area contributed by atoms with Gasteiger partial charge in [-0.25, -0.2) is 9.59 Å². The third-order valence-corrected chi connectivity index (χ3v) is 3.34. The van der Waals surface area contributed by atoms with Crippen LogP contribution in [0.5, 0.6) is 0 Å². The average Bonchev–Trinajstić information content (AvgIpc) is 2.63. The Labute approximate surface area is 131 Å². The second kappa shape index (κ2) is 7.94. The van der Waals surface area contributed by atoms with Gasteiger partial charge in [0.1, 0.15) is 0 Å². The van der Waals surface area contributed by atoms with Crippen LogP contribution in [0.25, 0.3) is 0 Å². The number of esters is 1. The fourth-order valence-electron chi connectivity index (χ4n) is 2.40. The van der Waals surface area contributed by atoms with Crippen molar-refractivity contribution in [2.24, 2.45) is 0 Å². The Morgan fingerprint density at radius 2 is 2.09 bits per heavy atom. The molecule has 1 unspecified atom stereocenters. The minimum Gasteiger partial charge on any atom is -0.478 e. The van der Waals surface area contributed by atoms with E-state index >= 15 is 0 Å². The molecule has 1 aliphatic heterocycles. The zero-order chi connectivity index (χ0) is 16.8. The first-order valence-corrected chi connectivity index (χ1v) is 7.40. The largest absolute Gasteiger partial charge is 0.478 e. The van der Waals surface area contributed by atoms with Crippen LogP contribution in [0.2, 0.25) is 0 Å². The number of carbonyl (C=O) groups is 2. The second-order valence-corrected chi connectivity index (χ2v) is 5.56. The van der Waals surface area contributed by atoms with Gasteiger partial charge in [-0.1, -0.05) is 17.2 Å². The van der Waals surface area contributed by atoms with Gasteiger partial charge in [-0.15, -0.1) is 0 Å². The van der Waals surface area contributed by atoms with Gasteiger partial charge in [0.25, 0.3) is 0 Å². The molecule has 0 aliphatic carbocycles. The molecule has 0 saturated carbocycles. The molecular formula is C17H24O5. The maximum absolute atomic E-state index is 11.6. The van der Waals surface area contributed by atoms with Crippen LogP contribution in [0.15, 0.2) is 34.9 Å². The highest BCUT2D eigenvalue weighted by Crippen LogP contribution is 2.32. The first-order chi connectivity index (χ1) is 10.3. The van der Waals surface area contributed by atoms with Crippen molar-refractivity contribution in [3.63, 3.8) is 0 Å². The molecule has 0 fully saturated rings. The number of ether oxygens (including phenoxy) is 2. The zero-order valence-electron chi connectivity index (χ0n) is 13.6. The highest BCUT2D eigenvalue weighted by Gasteiger charge is 2.39. The first-order valence-electron chi connectivity index (χ1n) is 7.40. The number of carboxylic acid groups (broad SMARTS) is 1. The molecule has 0 aromatic rings. The Kier molecular flexibility index (Phi) is 6.56. The Morgan fingerprint density at radius 3 is 2.59 bits per heavy atom. The van der Waals surface area contributed by atoms with Gasteiger partial charge in [-0.2, -0.15) is 0 Å². The van der Waals surface area contributed by atoms with Gasteiger partial charge in [0.2, 0.25) is 5.79 Å². The molecule has 5 nitrogen and oxygen atoms in total. The van der Waals surface area contributed by atoms with E-state index in [9.17, 15) is 9.59 Å². The van der Waals surface area contributed by atoms with Crippen molar-refractivity contribution in [2.45, 2.75) is 52.7 Å². The lowest BCUT2D eigenvalue weighted by Crippen LogP contribution is -2.32. The summed E-state index contributed by atoms with van der Waals surface area (Å²) in [6.45, 7) is 7.76. The van der Waals surface area contributed by atoms with Crippen LogP contribution in [-0.2, 0) is 19.1 Å².